The first kappa shape index (κ1) is 24.6. The zero-order chi connectivity index (χ0) is 23.8. The molecule has 9 heteroatoms. The van der Waals surface area contributed by atoms with Gasteiger partial charge < -0.3 is 20.1 Å². The van der Waals surface area contributed by atoms with Gasteiger partial charge in [0.15, 0.2) is 11.5 Å². The van der Waals surface area contributed by atoms with Crippen LogP contribution in [-0.2, 0) is 21.2 Å². The predicted molar refractivity (Wildman–Crippen MR) is 129 cm³/mol. The lowest BCUT2D eigenvalue weighted by Crippen LogP contribution is -2.29. The Hall–Kier alpha value is -3.07. The first-order chi connectivity index (χ1) is 15.8. The number of para-hydroxylation sites is 1. The summed E-state index contributed by atoms with van der Waals surface area (Å²) in [6, 6.07) is 12.5. The Bertz CT molecular complexity index is 1110. The lowest BCUT2D eigenvalue weighted by Gasteiger charge is -2.20. The van der Waals surface area contributed by atoms with Gasteiger partial charge in [0, 0.05) is 19.4 Å². The smallest absolute Gasteiger partial charge is 0.286 e. The Balaban J connectivity index is 1.49. The first-order valence-corrected chi connectivity index (χ1v) is 12.6. The van der Waals surface area contributed by atoms with Gasteiger partial charge in [-0.3, -0.25) is 4.79 Å². The fourth-order valence-corrected chi connectivity index (χ4v) is 4.80. The number of benzene rings is 2. The summed E-state index contributed by atoms with van der Waals surface area (Å²) >= 11 is 0. The van der Waals surface area contributed by atoms with E-state index in [1.165, 1.54) is 6.07 Å². The highest BCUT2D eigenvalue weighted by atomic mass is 32.2. The molecule has 1 heterocycles. The highest BCUT2D eigenvalue weighted by Crippen LogP contribution is 2.29. The summed E-state index contributed by atoms with van der Waals surface area (Å²) in [6.45, 7) is 7.35. The normalized spacial score (nSPS) is 14.9. The third kappa shape index (κ3) is 6.71. The molecule has 3 rings (SSSR count). The van der Waals surface area contributed by atoms with Crippen molar-refractivity contribution in [2.24, 2.45) is 10.3 Å². The highest BCUT2D eigenvalue weighted by Gasteiger charge is 2.25. The number of hydrogen-bond donors (Lipinski definition) is 2. The number of nitrogens with one attached hydrogen (secondary N) is 2. The van der Waals surface area contributed by atoms with E-state index in [9.17, 15) is 13.2 Å². The monoisotopic (exact) mass is 473 g/mol. The molecule has 0 radical (unpaired) electrons. The largest absolute Gasteiger partial charge is 0.490 e. The summed E-state index contributed by atoms with van der Waals surface area (Å²) < 4.78 is 39.8. The van der Waals surface area contributed by atoms with Gasteiger partial charge in [-0.15, -0.1) is 4.40 Å². The zero-order valence-corrected chi connectivity index (χ0v) is 20.1. The van der Waals surface area contributed by atoms with Crippen LogP contribution in [0.25, 0.3) is 0 Å². The predicted octanol–water partition coefficient (Wildman–Crippen LogP) is 3.77. The lowest BCUT2D eigenvalue weighted by molar-refractivity contribution is -0.121. The molecule has 1 aliphatic rings. The molecular weight excluding hydrogens is 442 g/mol. The number of carbonyl (C=O) groups is 1. The number of anilines is 1. The molecule has 2 aromatic carbocycles. The van der Waals surface area contributed by atoms with E-state index in [0.29, 0.717) is 55.6 Å². The van der Waals surface area contributed by atoms with E-state index in [1.807, 2.05) is 39.0 Å². The van der Waals surface area contributed by atoms with Gasteiger partial charge in [-0.25, -0.2) is 0 Å². The Labute approximate surface area is 195 Å². The molecule has 8 nitrogen and oxygen atoms in total. The quantitative estimate of drug-likeness (QED) is 0.515. The fourth-order valence-electron chi connectivity index (χ4n) is 3.64. The van der Waals surface area contributed by atoms with Gasteiger partial charge in [-0.2, -0.15) is 8.42 Å². The number of amidine groups is 1. The minimum Gasteiger partial charge on any atom is -0.490 e. The Kier molecular flexibility index (Phi) is 8.32. The number of carbonyl (C=O) groups excluding carboxylic acids is 1. The van der Waals surface area contributed by atoms with Crippen molar-refractivity contribution in [1.82, 2.24) is 5.32 Å². The van der Waals surface area contributed by atoms with E-state index in [2.05, 4.69) is 15.0 Å². The Morgan fingerprint density at radius 3 is 2.58 bits per heavy atom. The van der Waals surface area contributed by atoms with Crippen LogP contribution >= 0.6 is 0 Å². The van der Waals surface area contributed by atoms with Crippen LogP contribution in [0, 0.1) is 5.92 Å². The molecule has 1 aliphatic heterocycles. The summed E-state index contributed by atoms with van der Waals surface area (Å²) in [6.07, 6.45) is 1.29. The highest BCUT2D eigenvalue weighted by molar-refractivity contribution is 7.90. The second kappa shape index (κ2) is 11.2. The molecule has 0 saturated heterocycles. The third-order valence-corrected chi connectivity index (χ3v) is 6.47. The summed E-state index contributed by atoms with van der Waals surface area (Å²) in [4.78, 5) is 12.6. The van der Waals surface area contributed by atoms with E-state index >= 15 is 0 Å². The molecule has 0 aromatic heterocycles. The average molecular weight is 474 g/mol. The molecule has 0 bridgehead atoms. The molecule has 0 aliphatic carbocycles. The van der Waals surface area contributed by atoms with Crippen molar-refractivity contribution < 1.29 is 22.7 Å². The van der Waals surface area contributed by atoms with Crippen LogP contribution in [0.2, 0.25) is 0 Å². The van der Waals surface area contributed by atoms with Gasteiger partial charge >= 0.3 is 0 Å². The average Bonchev–Trinajstić information content (AvgIpc) is 2.75. The second-order valence-electron chi connectivity index (χ2n) is 7.89. The van der Waals surface area contributed by atoms with Gasteiger partial charge in [0.25, 0.3) is 10.0 Å². The lowest BCUT2D eigenvalue weighted by atomic mass is 10.0. The van der Waals surface area contributed by atoms with Crippen molar-refractivity contribution in [3.05, 3.63) is 48.0 Å². The van der Waals surface area contributed by atoms with E-state index < -0.39 is 10.0 Å². The minimum atomic E-state index is -3.72. The standard InChI is InChI=1S/C24H31N3O5S/c1-4-31-20-11-10-18(16-21(20)32-5-2)12-13-25-24(28)15-17(3)14-23-26-19-8-6-7-9-22(19)33(29,30)27-23/h6-11,16-17H,4-5,12-15H2,1-3H3,(H,25,28)(H,26,27)/t17-/m1/s1. The van der Waals surface area contributed by atoms with E-state index in [0.717, 1.165) is 5.56 Å². The van der Waals surface area contributed by atoms with Crippen LogP contribution < -0.4 is 20.1 Å². The minimum absolute atomic E-state index is 0.0771. The van der Waals surface area contributed by atoms with E-state index in [1.54, 1.807) is 18.2 Å². The molecule has 0 unspecified atom stereocenters. The summed E-state index contributed by atoms with van der Waals surface area (Å²) in [7, 11) is -3.72. The van der Waals surface area contributed by atoms with Crippen LogP contribution in [0.4, 0.5) is 5.69 Å². The van der Waals surface area contributed by atoms with Crippen molar-refractivity contribution in [2.75, 3.05) is 25.1 Å². The van der Waals surface area contributed by atoms with Crippen molar-refractivity contribution in [3.8, 4) is 11.5 Å². The number of fused-ring (bicyclic) bond motifs is 1. The maximum atomic E-state index is 12.4. The van der Waals surface area contributed by atoms with E-state index in [4.69, 9.17) is 9.47 Å². The maximum absolute atomic E-state index is 12.4. The van der Waals surface area contributed by atoms with E-state index in [-0.39, 0.29) is 23.1 Å². The van der Waals surface area contributed by atoms with Gasteiger partial charge in [-0.05, 0) is 56.0 Å². The van der Waals surface area contributed by atoms with Crippen LogP contribution in [0.1, 0.15) is 39.2 Å². The first-order valence-electron chi connectivity index (χ1n) is 11.2. The van der Waals surface area contributed by atoms with Crippen molar-refractivity contribution >= 4 is 27.5 Å². The number of sulfonamides is 1. The number of amides is 1. The number of nitrogens with zero attached hydrogens (tertiary/aromatic N) is 1. The van der Waals surface area contributed by atoms with Gasteiger partial charge in [0.1, 0.15) is 10.7 Å². The van der Waals surface area contributed by atoms with Crippen LogP contribution in [0.5, 0.6) is 11.5 Å². The number of hydrogen-bond acceptors (Lipinski definition) is 6. The number of rotatable bonds is 11. The number of ether oxygens (including phenoxy) is 2. The Morgan fingerprint density at radius 2 is 1.82 bits per heavy atom. The molecule has 33 heavy (non-hydrogen) atoms. The molecule has 0 saturated carbocycles. The summed E-state index contributed by atoms with van der Waals surface area (Å²) in [5, 5.41) is 6.00. The molecule has 2 N–H and O–H groups in total. The van der Waals surface area contributed by atoms with Crippen LogP contribution in [0.3, 0.4) is 0 Å². The van der Waals surface area contributed by atoms with Crippen molar-refractivity contribution in [3.63, 3.8) is 0 Å². The second-order valence-corrected chi connectivity index (χ2v) is 9.47. The van der Waals surface area contributed by atoms with Crippen LogP contribution in [-0.4, -0.2) is 39.9 Å². The zero-order valence-electron chi connectivity index (χ0n) is 19.3. The summed E-state index contributed by atoms with van der Waals surface area (Å²) in [5.41, 5.74) is 1.56. The van der Waals surface area contributed by atoms with Crippen molar-refractivity contribution in [2.45, 2.75) is 44.9 Å². The van der Waals surface area contributed by atoms with Crippen molar-refractivity contribution in [1.29, 1.82) is 0 Å². The molecule has 0 fully saturated rings. The van der Waals surface area contributed by atoms with Gasteiger partial charge in [0.2, 0.25) is 5.91 Å². The van der Waals surface area contributed by atoms with Gasteiger partial charge in [-0.1, -0.05) is 25.1 Å². The topological polar surface area (TPSA) is 106 Å². The molecular formula is C24H31N3O5S. The maximum Gasteiger partial charge on any atom is 0.286 e. The molecule has 1 amide bonds. The molecule has 178 valence electrons. The molecule has 2 aromatic rings. The molecule has 1 atom stereocenters. The molecule has 0 spiro atoms. The van der Waals surface area contributed by atoms with Crippen LogP contribution in [0.15, 0.2) is 51.8 Å². The SMILES string of the molecule is CCOc1ccc(CCNC(=O)C[C@H](C)CC2=NS(=O)(=O)c3ccccc3N2)cc1OCC. The third-order valence-electron chi connectivity index (χ3n) is 5.09. The fraction of sp³-hybridized carbons (Fsp3) is 0.417. The Morgan fingerprint density at radius 1 is 1.09 bits per heavy atom. The summed E-state index contributed by atoms with van der Waals surface area (Å²) in [5.74, 6) is 1.61. The van der Waals surface area contributed by atoms with Gasteiger partial charge in [0.05, 0.1) is 18.9 Å².